The first-order chi connectivity index (χ1) is 8.95. The van der Waals surface area contributed by atoms with Gasteiger partial charge < -0.3 is 11.1 Å². The van der Waals surface area contributed by atoms with Gasteiger partial charge in [0, 0.05) is 23.0 Å². The van der Waals surface area contributed by atoms with Gasteiger partial charge in [-0.05, 0) is 31.2 Å². The summed E-state index contributed by atoms with van der Waals surface area (Å²) < 4.78 is 25.9. The lowest BCUT2D eigenvalue weighted by Gasteiger charge is -2.09. The van der Waals surface area contributed by atoms with E-state index in [9.17, 15) is 8.78 Å². The Kier molecular flexibility index (Phi) is 3.71. The number of nitrogens with zero attached hydrogens (tertiary/aromatic N) is 1. The van der Waals surface area contributed by atoms with Crippen LogP contribution in [-0.4, -0.2) is 9.97 Å². The van der Waals surface area contributed by atoms with E-state index in [0.29, 0.717) is 17.1 Å². The summed E-state index contributed by atoms with van der Waals surface area (Å²) in [7, 11) is 0. The average Bonchev–Trinajstić information content (AvgIpc) is 2.33. The fourth-order valence-electron chi connectivity index (χ4n) is 1.60. The van der Waals surface area contributed by atoms with Crippen LogP contribution in [0.15, 0.2) is 30.3 Å². The van der Waals surface area contributed by atoms with E-state index in [1.807, 2.05) is 0 Å². The summed E-state index contributed by atoms with van der Waals surface area (Å²) in [5.74, 6) is -1.35. The molecule has 0 fully saturated rings. The van der Waals surface area contributed by atoms with Gasteiger partial charge in [0.1, 0.15) is 10.8 Å². The summed E-state index contributed by atoms with van der Waals surface area (Å²) in [5.41, 5.74) is 7.33. The van der Waals surface area contributed by atoms with E-state index in [1.165, 1.54) is 6.07 Å². The number of thiocarbonyl (C=S) groups is 1. The first kappa shape index (κ1) is 13.4. The molecule has 0 saturated carbocycles. The van der Waals surface area contributed by atoms with E-state index in [-0.39, 0.29) is 4.99 Å². The van der Waals surface area contributed by atoms with Crippen molar-refractivity contribution in [2.24, 2.45) is 5.73 Å². The molecule has 3 N–H and O–H groups in total. The number of anilines is 2. The van der Waals surface area contributed by atoms with Crippen molar-refractivity contribution in [1.82, 2.24) is 4.98 Å². The maximum Gasteiger partial charge on any atom is 0.160 e. The van der Waals surface area contributed by atoms with E-state index >= 15 is 0 Å². The number of pyridine rings is 1. The van der Waals surface area contributed by atoms with Crippen LogP contribution in [0, 0.1) is 18.6 Å². The van der Waals surface area contributed by atoms with E-state index in [0.717, 1.165) is 17.8 Å². The quantitative estimate of drug-likeness (QED) is 0.848. The van der Waals surface area contributed by atoms with Gasteiger partial charge >= 0.3 is 0 Å². The third-order valence-electron chi connectivity index (χ3n) is 2.43. The van der Waals surface area contributed by atoms with E-state index in [4.69, 9.17) is 18.0 Å². The summed E-state index contributed by atoms with van der Waals surface area (Å²) in [5, 5.41) is 2.88. The predicted octanol–water partition coefficient (Wildman–Crippen LogP) is 3.05. The van der Waals surface area contributed by atoms with Crippen LogP contribution in [0.1, 0.15) is 11.3 Å². The maximum atomic E-state index is 13.1. The van der Waals surface area contributed by atoms with Crippen molar-refractivity contribution < 1.29 is 8.78 Å². The Bertz CT molecular complexity index is 644. The molecule has 6 heteroatoms. The summed E-state index contributed by atoms with van der Waals surface area (Å²) in [6.45, 7) is 1.79. The Morgan fingerprint density at radius 1 is 1.21 bits per heavy atom. The largest absolute Gasteiger partial charge is 0.389 e. The zero-order chi connectivity index (χ0) is 14.0. The summed E-state index contributed by atoms with van der Waals surface area (Å²) in [6, 6.07) is 6.92. The van der Waals surface area contributed by atoms with Crippen molar-refractivity contribution in [3.8, 4) is 0 Å². The second-order valence-corrected chi connectivity index (χ2v) is 4.44. The molecule has 0 aliphatic carbocycles. The number of halogens is 2. The molecule has 0 aliphatic rings. The first-order valence-corrected chi connectivity index (χ1v) is 5.87. The number of hydrogen-bond acceptors (Lipinski definition) is 3. The molecule has 1 heterocycles. The Labute approximate surface area is 114 Å². The van der Waals surface area contributed by atoms with E-state index in [1.54, 1.807) is 19.1 Å². The van der Waals surface area contributed by atoms with Gasteiger partial charge in [-0.3, -0.25) is 0 Å². The molecule has 0 unspecified atom stereocenters. The molecule has 3 nitrogen and oxygen atoms in total. The number of aryl methyl sites for hydroxylation is 1. The van der Waals surface area contributed by atoms with Crippen LogP contribution in [0.25, 0.3) is 0 Å². The highest BCUT2D eigenvalue weighted by Crippen LogP contribution is 2.19. The first-order valence-electron chi connectivity index (χ1n) is 5.46. The van der Waals surface area contributed by atoms with E-state index < -0.39 is 11.6 Å². The summed E-state index contributed by atoms with van der Waals surface area (Å²) in [6.07, 6.45) is 0. The van der Waals surface area contributed by atoms with Crippen LogP contribution in [-0.2, 0) is 0 Å². The van der Waals surface area contributed by atoms with Crippen molar-refractivity contribution in [2.75, 3.05) is 5.32 Å². The minimum atomic E-state index is -0.924. The van der Waals surface area contributed by atoms with Gasteiger partial charge in [0.25, 0.3) is 0 Å². The number of aromatic nitrogens is 1. The highest BCUT2D eigenvalue weighted by Gasteiger charge is 2.06. The number of benzene rings is 1. The summed E-state index contributed by atoms with van der Waals surface area (Å²) in [4.78, 5) is 4.47. The van der Waals surface area contributed by atoms with Crippen LogP contribution in [0.2, 0.25) is 0 Å². The average molecular weight is 279 g/mol. The summed E-state index contributed by atoms with van der Waals surface area (Å²) >= 11 is 4.90. The van der Waals surface area contributed by atoms with Crippen molar-refractivity contribution in [1.29, 1.82) is 0 Å². The SMILES string of the molecule is Cc1cc(C(N)=S)cc(Nc2ccc(F)c(F)c2)n1. The Morgan fingerprint density at radius 3 is 2.58 bits per heavy atom. The topological polar surface area (TPSA) is 50.9 Å². The lowest BCUT2D eigenvalue weighted by atomic mass is 10.2. The molecule has 2 rings (SSSR count). The van der Waals surface area contributed by atoms with Gasteiger partial charge in [0.2, 0.25) is 0 Å². The molecule has 0 saturated heterocycles. The molecular weight excluding hydrogens is 268 g/mol. The zero-order valence-electron chi connectivity index (χ0n) is 10.1. The number of hydrogen-bond donors (Lipinski definition) is 2. The fourth-order valence-corrected chi connectivity index (χ4v) is 1.71. The van der Waals surface area contributed by atoms with Crippen LogP contribution < -0.4 is 11.1 Å². The third-order valence-corrected chi connectivity index (χ3v) is 2.67. The highest BCUT2D eigenvalue weighted by atomic mass is 32.1. The van der Waals surface area contributed by atoms with Crippen LogP contribution >= 0.6 is 12.2 Å². The van der Waals surface area contributed by atoms with Gasteiger partial charge in [0.05, 0.1) is 0 Å². The molecule has 1 aromatic heterocycles. The van der Waals surface area contributed by atoms with E-state index in [2.05, 4.69) is 10.3 Å². The van der Waals surface area contributed by atoms with Gasteiger partial charge in [-0.15, -0.1) is 0 Å². The molecule has 2 aromatic rings. The Balaban J connectivity index is 2.32. The normalized spacial score (nSPS) is 10.3. The molecule has 19 heavy (non-hydrogen) atoms. The molecule has 0 radical (unpaired) electrons. The Hall–Kier alpha value is -2.08. The number of nitrogens with two attached hydrogens (primary N) is 1. The molecule has 0 amide bonds. The molecule has 0 bridgehead atoms. The number of nitrogens with one attached hydrogen (secondary N) is 1. The third kappa shape index (κ3) is 3.23. The fraction of sp³-hybridized carbons (Fsp3) is 0.0769. The highest BCUT2D eigenvalue weighted by molar-refractivity contribution is 7.80. The molecule has 1 aromatic carbocycles. The van der Waals surface area contributed by atoms with Gasteiger partial charge in [-0.2, -0.15) is 0 Å². The smallest absolute Gasteiger partial charge is 0.160 e. The van der Waals surface area contributed by atoms with Crippen molar-refractivity contribution in [3.63, 3.8) is 0 Å². The molecule has 0 atom stereocenters. The lowest BCUT2D eigenvalue weighted by Crippen LogP contribution is -2.10. The van der Waals surface area contributed by atoms with Gasteiger partial charge in [-0.1, -0.05) is 12.2 Å². The van der Waals surface area contributed by atoms with Crippen molar-refractivity contribution >= 4 is 28.7 Å². The second kappa shape index (κ2) is 5.27. The van der Waals surface area contributed by atoms with Crippen LogP contribution in [0.5, 0.6) is 0 Å². The molecular formula is C13H11F2N3S. The van der Waals surface area contributed by atoms with Crippen LogP contribution in [0.4, 0.5) is 20.3 Å². The standard InChI is InChI=1S/C13H11F2N3S/c1-7-4-8(13(16)19)5-12(17-7)18-9-2-3-10(14)11(15)6-9/h2-6H,1H3,(H2,16,19)(H,17,18). The molecule has 98 valence electrons. The monoisotopic (exact) mass is 279 g/mol. The van der Waals surface area contributed by atoms with Crippen LogP contribution in [0.3, 0.4) is 0 Å². The Morgan fingerprint density at radius 2 is 1.95 bits per heavy atom. The van der Waals surface area contributed by atoms with Crippen molar-refractivity contribution in [3.05, 3.63) is 53.2 Å². The lowest BCUT2D eigenvalue weighted by molar-refractivity contribution is 0.509. The second-order valence-electron chi connectivity index (χ2n) is 4.00. The number of rotatable bonds is 3. The van der Waals surface area contributed by atoms with Crippen molar-refractivity contribution in [2.45, 2.75) is 6.92 Å². The minimum absolute atomic E-state index is 0.249. The van der Waals surface area contributed by atoms with Gasteiger partial charge in [-0.25, -0.2) is 13.8 Å². The van der Waals surface area contributed by atoms with Gasteiger partial charge in [0.15, 0.2) is 11.6 Å². The molecule has 0 aliphatic heterocycles. The zero-order valence-corrected chi connectivity index (χ0v) is 10.9. The predicted molar refractivity (Wildman–Crippen MR) is 74.5 cm³/mol. The minimum Gasteiger partial charge on any atom is -0.389 e. The maximum absolute atomic E-state index is 13.1. The molecule has 0 spiro atoms.